The molecule has 2 heterocycles. The molecule has 98 valence electrons. The maximum Gasteiger partial charge on any atom is 0.0700 e. The lowest BCUT2D eigenvalue weighted by Gasteiger charge is -2.27. The number of rotatable bonds is 3. The van der Waals surface area contributed by atoms with Crippen LogP contribution in [0.4, 0.5) is 0 Å². The summed E-state index contributed by atoms with van der Waals surface area (Å²) in [6.45, 7) is 1.89. The van der Waals surface area contributed by atoms with E-state index in [2.05, 4.69) is 17.4 Å². The largest absolute Gasteiger partial charge is 0.377 e. The molecule has 1 aromatic rings. The zero-order chi connectivity index (χ0) is 12.4. The normalized spacial score (nSPS) is 27.2. The van der Waals surface area contributed by atoms with Crippen LogP contribution in [0, 0.1) is 0 Å². The lowest BCUT2D eigenvalue weighted by Crippen LogP contribution is -2.31. The minimum atomic E-state index is 0.405. The van der Waals surface area contributed by atoms with E-state index in [1.165, 1.54) is 35.5 Å². The number of benzene rings is 1. The van der Waals surface area contributed by atoms with Crippen molar-refractivity contribution in [2.24, 2.45) is 0 Å². The summed E-state index contributed by atoms with van der Waals surface area (Å²) in [6, 6.07) is 6.66. The summed E-state index contributed by atoms with van der Waals surface area (Å²) in [7, 11) is 0. The van der Waals surface area contributed by atoms with Gasteiger partial charge in [-0.2, -0.15) is 0 Å². The number of hydrogen-bond acceptors (Lipinski definition) is 3. The van der Waals surface area contributed by atoms with Gasteiger partial charge in [0.25, 0.3) is 0 Å². The van der Waals surface area contributed by atoms with E-state index in [-0.39, 0.29) is 0 Å². The first-order valence-electron chi connectivity index (χ1n) is 6.60. The van der Waals surface area contributed by atoms with Crippen LogP contribution in [0.15, 0.2) is 23.1 Å². The highest BCUT2D eigenvalue weighted by molar-refractivity contribution is 7.99. The van der Waals surface area contributed by atoms with Crippen LogP contribution >= 0.6 is 23.4 Å². The Morgan fingerprint density at radius 3 is 3.17 bits per heavy atom. The average Bonchev–Trinajstić information content (AvgIpc) is 2.89. The molecular formula is C14H18ClNOS. The zero-order valence-corrected chi connectivity index (χ0v) is 11.9. The van der Waals surface area contributed by atoms with Gasteiger partial charge in [0.2, 0.25) is 0 Å². The lowest BCUT2D eigenvalue weighted by molar-refractivity contribution is 0.107. The molecule has 0 bridgehead atoms. The van der Waals surface area contributed by atoms with E-state index in [0.717, 1.165) is 18.2 Å². The molecule has 2 nitrogen and oxygen atoms in total. The number of ether oxygens (including phenoxy) is 1. The smallest absolute Gasteiger partial charge is 0.0700 e. The fraction of sp³-hybridized carbons (Fsp3) is 0.571. The van der Waals surface area contributed by atoms with Crippen molar-refractivity contribution in [1.82, 2.24) is 5.32 Å². The second-order valence-electron chi connectivity index (χ2n) is 4.92. The van der Waals surface area contributed by atoms with Gasteiger partial charge in [-0.1, -0.05) is 11.6 Å². The second-order valence-corrected chi connectivity index (χ2v) is 6.49. The summed E-state index contributed by atoms with van der Waals surface area (Å²) in [5.41, 5.74) is 1.36. The Morgan fingerprint density at radius 1 is 1.39 bits per heavy atom. The molecule has 0 aromatic heterocycles. The van der Waals surface area contributed by atoms with Crippen molar-refractivity contribution in [1.29, 1.82) is 0 Å². The highest BCUT2D eigenvalue weighted by Crippen LogP contribution is 2.37. The Hall–Kier alpha value is -0.220. The molecule has 3 rings (SSSR count). The molecular weight excluding hydrogens is 266 g/mol. The van der Waals surface area contributed by atoms with Crippen LogP contribution in [0.2, 0.25) is 5.02 Å². The van der Waals surface area contributed by atoms with Gasteiger partial charge in [-0.25, -0.2) is 0 Å². The molecule has 2 aliphatic heterocycles. The number of fused-ring (bicyclic) bond motifs is 1. The predicted molar refractivity (Wildman–Crippen MR) is 76.5 cm³/mol. The summed E-state index contributed by atoms with van der Waals surface area (Å²) in [6.07, 6.45) is 3.97. The molecule has 0 spiro atoms. The molecule has 0 amide bonds. The van der Waals surface area contributed by atoms with Gasteiger partial charge < -0.3 is 10.1 Å². The van der Waals surface area contributed by atoms with Gasteiger partial charge in [-0.15, -0.1) is 11.8 Å². The molecule has 0 saturated carbocycles. The molecule has 0 aliphatic carbocycles. The number of hydrogen-bond donors (Lipinski definition) is 1. The van der Waals surface area contributed by atoms with E-state index in [1.807, 2.05) is 17.8 Å². The topological polar surface area (TPSA) is 21.3 Å². The first-order valence-corrected chi connectivity index (χ1v) is 7.96. The van der Waals surface area contributed by atoms with Crippen molar-refractivity contribution >= 4 is 23.4 Å². The molecule has 1 saturated heterocycles. The summed E-state index contributed by atoms with van der Waals surface area (Å²) in [4.78, 5) is 1.37. The molecule has 2 unspecified atom stereocenters. The molecule has 1 N–H and O–H groups in total. The lowest BCUT2D eigenvalue weighted by atomic mass is 10.0. The maximum atomic E-state index is 6.11. The highest BCUT2D eigenvalue weighted by Gasteiger charge is 2.23. The van der Waals surface area contributed by atoms with E-state index in [0.29, 0.717) is 12.1 Å². The van der Waals surface area contributed by atoms with E-state index in [1.54, 1.807) is 0 Å². The Labute approximate surface area is 117 Å². The Kier molecular flexibility index (Phi) is 4.14. The van der Waals surface area contributed by atoms with Gasteiger partial charge in [0.1, 0.15) is 0 Å². The Balaban J connectivity index is 1.68. The molecule has 2 aliphatic rings. The average molecular weight is 284 g/mol. The standard InChI is InChI=1S/C14H18ClNOS/c15-10-3-4-14-12(8-10)13(5-7-18-14)16-9-11-2-1-6-17-11/h3-4,8,11,13,16H,1-2,5-7,9H2. The first-order chi connectivity index (χ1) is 8.83. The van der Waals surface area contributed by atoms with Gasteiger partial charge in [-0.05, 0) is 48.8 Å². The van der Waals surface area contributed by atoms with Crippen molar-refractivity contribution in [2.45, 2.75) is 36.3 Å². The minimum absolute atomic E-state index is 0.405. The van der Waals surface area contributed by atoms with Gasteiger partial charge >= 0.3 is 0 Å². The molecule has 1 fully saturated rings. The monoisotopic (exact) mass is 283 g/mol. The van der Waals surface area contributed by atoms with E-state index < -0.39 is 0 Å². The zero-order valence-electron chi connectivity index (χ0n) is 10.3. The van der Waals surface area contributed by atoms with Crippen LogP contribution in [0.5, 0.6) is 0 Å². The minimum Gasteiger partial charge on any atom is -0.377 e. The number of nitrogens with one attached hydrogen (secondary N) is 1. The van der Waals surface area contributed by atoms with Crippen molar-refractivity contribution < 1.29 is 4.74 Å². The molecule has 1 aromatic carbocycles. The third-order valence-electron chi connectivity index (χ3n) is 3.63. The van der Waals surface area contributed by atoms with Crippen molar-refractivity contribution in [3.05, 3.63) is 28.8 Å². The Bertz CT molecular complexity index is 420. The molecule has 0 radical (unpaired) electrons. The van der Waals surface area contributed by atoms with Crippen LogP contribution in [0.25, 0.3) is 0 Å². The van der Waals surface area contributed by atoms with Crippen molar-refractivity contribution in [3.63, 3.8) is 0 Å². The summed E-state index contributed by atoms with van der Waals surface area (Å²) in [5.74, 6) is 1.18. The summed E-state index contributed by atoms with van der Waals surface area (Å²) in [5, 5.41) is 4.48. The fourth-order valence-corrected chi connectivity index (χ4v) is 3.94. The van der Waals surface area contributed by atoms with E-state index >= 15 is 0 Å². The second kappa shape index (κ2) is 5.83. The van der Waals surface area contributed by atoms with Crippen LogP contribution in [0.3, 0.4) is 0 Å². The van der Waals surface area contributed by atoms with Crippen molar-refractivity contribution in [2.75, 3.05) is 18.9 Å². The first kappa shape index (κ1) is 12.8. The van der Waals surface area contributed by atoms with Gasteiger partial charge in [0.15, 0.2) is 0 Å². The van der Waals surface area contributed by atoms with E-state index in [4.69, 9.17) is 16.3 Å². The van der Waals surface area contributed by atoms with Gasteiger partial charge in [-0.3, -0.25) is 0 Å². The van der Waals surface area contributed by atoms with Crippen LogP contribution in [0.1, 0.15) is 30.9 Å². The third kappa shape index (κ3) is 2.85. The third-order valence-corrected chi connectivity index (χ3v) is 4.98. The quantitative estimate of drug-likeness (QED) is 0.915. The fourth-order valence-electron chi connectivity index (χ4n) is 2.66. The van der Waals surface area contributed by atoms with Crippen LogP contribution in [-0.4, -0.2) is 25.0 Å². The SMILES string of the molecule is Clc1ccc2c(c1)C(NCC1CCCO1)CCS2. The highest BCUT2D eigenvalue weighted by atomic mass is 35.5. The van der Waals surface area contributed by atoms with E-state index in [9.17, 15) is 0 Å². The molecule has 4 heteroatoms. The van der Waals surface area contributed by atoms with Crippen LogP contribution in [-0.2, 0) is 4.74 Å². The maximum absolute atomic E-state index is 6.11. The number of halogens is 1. The number of thioether (sulfide) groups is 1. The molecule has 2 atom stereocenters. The summed E-state index contributed by atoms with van der Waals surface area (Å²) < 4.78 is 5.66. The Morgan fingerprint density at radius 2 is 2.33 bits per heavy atom. The summed E-state index contributed by atoms with van der Waals surface area (Å²) >= 11 is 8.04. The van der Waals surface area contributed by atoms with Gasteiger partial charge in [0.05, 0.1) is 6.10 Å². The van der Waals surface area contributed by atoms with Crippen LogP contribution < -0.4 is 5.32 Å². The van der Waals surface area contributed by atoms with Crippen molar-refractivity contribution in [3.8, 4) is 0 Å². The van der Waals surface area contributed by atoms with Gasteiger partial charge in [0, 0.05) is 29.1 Å². The molecule has 18 heavy (non-hydrogen) atoms. The predicted octanol–water partition coefficient (Wildman–Crippen LogP) is 3.65.